The van der Waals surface area contributed by atoms with Gasteiger partial charge < -0.3 is 0 Å². The fourth-order valence-electron chi connectivity index (χ4n) is 1.95. The molecule has 0 heterocycles. The fraction of sp³-hybridized carbons (Fsp3) is 0.333. The van der Waals surface area contributed by atoms with E-state index >= 15 is 0 Å². The summed E-state index contributed by atoms with van der Waals surface area (Å²) in [4.78, 5) is 0. The number of hydrogen-bond acceptors (Lipinski definition) is 0. The minimum atomic E-state index is 0.689. The zero-order chi connectivity index (χ0) is 9.42. The van der Waals surface area contributed by atoms with Crippen LogP contribution in [0.25, 0.3) is 5.57 Å². The zero-order valence-corrected chi connectivity index (χ0v) is 9.39. The van der Waals surface area contributed by atoms with Gasteiger partial charge in [0.05, 0.1) is 0 Å². The SMILES string of the molecule is C=C1CCC(C)c2ccc(Br)cc21. The van der Waals surface area contributed by atoms with Crippen LogP contribution in [-0.2, 0) is 0 Å². The molecular weight excluding hydrogens is 224 g/mol. The Bertz CT molecular complexity index is 352. The summed E-state index contributed by atoms with van der Waals surface area (Å²) in [5, 5.41) is 0. The Hall–Kier alpha value is -0.560. The number of allylic oxidation sites excluding steroid dienone is 1. The van der Waals surface area contributed by atoms with Crippen LogP contribution in [0.2, 0.25) is 0 Å². The van der Waals surface area contributed by atoms with E-state index in [9.17, 15) is 0 Å². The molecule has 0 spiro atoms. The molecular formula is C12H13Br. The number of rotatable bonds is 0. The van der Waals surface area contributed by atoms with Gasteiger partial charge in [0, 0.05) is 4.47 Å². The van der Waals surface area contributed by atoms with Crippen LogP contribution in [0.5, 0.6) is 0 Å². The number of halogens is 1. The Morgan fingerprint density at radius 1 is 1.46 bits per heavy atom. The summed E-state index contributed by atoms with van der Waals surface area (Å²) >= 11 is 3.50. The molecule has 0 bridgehead atoms. The molecule has 1 heteroatoms. The number of fused-ring (bicyclic) bond motifs is 1. The minimum absolute atomic E-state index is 0.689. The van der Waals surface area contributed by atoms with Crippen LogP contribution in [0.15, 0.2) is 29.3 Å². The predicted molar refractivity (Wildman–Crippen MR) is 60.8 cm³/mol. The number of hydrogen-bond donors (Lipinski definition) is 0. The fourth-order valence-corrected chi connectivity index (χ4v) is 2.31. The monoisotopic (exact) mass is 236 g/mol. The van der Waals surface area contributed by atoms with Crippen LogP contribution in [-0.4, -0.2) is 0 Å². The van der Waals surface area contributed by atoms with Gasteiger partial charge in [-0.2, -0.15) is 0 Å². The van der Waals surface area contributed by atoms with Crippen LogP contribution in [0.1, 0.15) is 36.8 Å². The van der Waals surface area contributed by atoms with Crippen LogP contribution < -0.4 is 0 Å². The second kappa shape index (κ2) is 3.30. The van der Waals surface area contributed by atoms with Crippen molar-refractivity contribution in [3.63, 3.8) is 0 Å². The van der Waals surface area contributed by atoms with Crippen molar-refractivity contribution in [3.05, 3.63) is 40.4 Å². The van der Waals surface area contributed by atoms with Crippen molar-refractivity contribution in [2.24, 2.45) is 0 Å². The van der Waals surface area contributed by atoms with Crippen molar-refractivity contribution < 1.29 is 0 Å². The summed E-state index contributed by atoms with van der Waals surface area (Å²) in [5.41, 5.74) is 4.10. The summed E-state index contributed by atoms with van der Waals surface area (Å²) in [6, 6.07) is 6.52. The van der Waals surface area contributed by atoms with Crippen molar-refractivity contribution in [1.82, 2.24) is 0 Å². The zero-order valence-electron chi connectivity index (χ0n) is 7.81. The van der Waals surface area contributed by atoms with Gasteiger partial charge in [-0.25, -0.2) is 0 Å². The van der Waals surface area contributed by atoms with Crippen LogP contribution in [0, 0.1) is 0 Å². The summed E-state index contributed by atoms with van der Waals surface area (Å²) in [6.45, 7) is 6.40. The lowest BCUT2D eigenvalue weighted by molar-refractivity contribution is 0.675. The van der Waals surface area contributed by atoms with E-state index in [1.807, 2.05) is 0 Å². The first kappa shape index (κ1) is 9.01. The van der Waals surface area contributed by atoms with Crippen molar-refractivity contribution in [1.29, 1.82) is 0 Å². The largest absolute Gasteiger partial charge is 0.0952 e. The van der Waals surface area contributed by atoms with E-state index in [1.165, 1.54) is 23.1 Å². The second-order valence-corrected chi connectivity index (χ2v) is 4.69. The normalized spacial score (nSPS) is 21.4. The molecule has 0 amide bonds. The van der Waals surface area contributed by atoms with Gasteiger partial charge >= 0.3 is 0 Å². The summed E-state index contributed by atoms with van der Waals surface area (Å²) in [7, 11) is 0. The Labute approximate surface area is 87.8 Å². The maximum absolute atomic E-state index is 4.11. The molecule has 68 valence electrons. The van der Waals surface area contributed by atoms with Gasteiger partial charge in [-0.15, -0.1) is 0 Å². The first-order valence-corrected chi connectivity index (χ1v) is 5.45. The Kier molecular flexibility index (Phi) is 2.29. The van der Waals surface area contributed by atoms with Crippen molar-refractivity contribution in [3.8, 4) is 0 Å². The Balaban J connectivity index is 2.57. The number of benzene rings is 1. The Morgan fingerprint density at radius 3 is 3.00 bits per heavy atom. The van der Waals surface area contributed by atoms with E-state index in [1.54, 1.807) is 0 Å². The van der Waals surface area contributed by atoms with E-state index in [0.29, 0.717) is 5.92 Å². The van der Waals surface area contributed by atoms with E-state index in [2.05, 4.69) is 47.6 Å². The molecule has 2 rings (SSSR count). The van der Waals surface area contributed by atoms with E-state index < -0.39 is 0 Å². The third-order valence-corrected chi connectivity index (χ3v) is 3.30. The van der Waals surface area contributed by atoms with E-state index in [0.717, 1.165) is 10.9 Å². The van der Waals surface area contributed by atoms with Crippen molar-refractivity contribution in [2.75, 3.05) is 0 Å². The highest BCUT2D eigenvalue weighted by molar-refractivity contribution is 9.10. The van der Waals surface area contributed by atoms with Gasteiger partial charge in [0.15, 0.2) is 0 Å². The summed E-state index contributed by atoms with van der Waals surface area (Å²) in [6.07, 6.45) is 2.39. The molecule has 1 atom stereocenters. The second-order valence-electron chi connectivity index (χ2n) is 3.77. The lowest BCUT2D eigenvalue weighted by Crippen LogP contribution is -2.05. The van der Waals surface area contributed by atoms with Crippen molar-refractivity contribution in [2.45, 2.75) is 25.7 Å². The molecule has 0 saturated heterocycles. The molecule has 1 aromatic carbocycles. The van der Waals surface area contributed by atoms with Gasteiger partial charge in [-0.3, -0.25) is 0 Å². The average molecular weight is 237 g/mol. The molecule has 0 N–H and O–H groups in total. The summed E-state index contributed by atoms with van der Waals surface area (Å²) < 4.78 is 1.15. The van der Waals surface area contributed by atoms with Gasteiger partial charge in [-0.05, 0) is 47.6 Å². The molecule has 0 radical (unpaired) electrons. The smallest absolute Gasteiger partial charge is 0.0181 e. The first-order valence-electron chi connectivity index (χ1n) is 4.66. The molecule has 13 heavy (non-hydrogen) atoms. The molecule has 1 unspecified atom stereocenters. The molecule has 0 fully saturated rings. The molecule has 1 aliphatic rings. The summed E-state index contributed by atoms with van der Waals surface area (Å²) in [5.74, 6) is 0.689. The van der Waals surface area contributed by atoms with Gasteiger partial charge in [0.1, 0.15) is 0 Å². The average Bonchev–Trinajstić information content (AvgIpc) is 2.12. The van der Waals surface area contributed by atoms with E-state index in [-0.39, 0.29) is 0 Å². The maximum Gasteiger partial charge on any atom is 0.0181 e. The highest BCUT2D eigenvalue weighted by Gasteiger charge is 2.18. The minimum Gasteiger partial charge on any atom is -0.0952 e. The lowest BCUT2D eigenvalue weighted by atomic mass is 9.82. The lowest BCUT2D eigenvalue weighted by Gasteiger charge is -2.24. The van der Waals surface area contributed by atoms with Crippen LogP contribution in [0.4, 0.5) is 0 Å². The van der Waals surface area contributed by atoms with Crippen molar-refractivity contribution >= 4 is 21.5 Å². The van der Waals surface area contributed by atoms with E-state index in [4.69, 9.17) is 0 Å². The Morgan fingerprint density at radius 2 is 2.23 bits per heavy atom. The topological polar surface area (TPSA) is 0 Å². The van der Waals surface area contributed by atoms with Crippen LogP contribution in [0.3, 0.4) is 0 Å². The molecule has 1 aliphatic carbocycles. The maximum atomic E-state index is 4.11. The molecule has 0 saturated carbocycles. The first-order chi connectivity index (χ1) is 6.18. The predicted octanol–water partition coefficient (Wildman–Crippen LogP) is 4.36. The highest BCUT2D eigenvalue weighted by Crippen LogP contribution is 2.38. The third kappa shape index (κ3) is 1.58. The van der Waals surface area contributed by atoms with Gasteiger partial charge in [-0.1, -0.05) is 35.5 Å². The molecule has 0 nitrogen and oxygen atoms in total. The van der Waals surface area contributed by atoms with Gasteiger partial charge in [0.2, 0.25) is 0 Å². The van der Waals surface area contributed by atoms with Crippen LogP contribution >= 0.6 is 15.9 Å². The third-order valence-electron chi connectivity index (χ3n) is 2.81. The quantitative estimate of drug-likeness (QED) is 0.628. The standard InChI is InChI=1S/C12H13Br/c1-8-3-4-9(2)12-7-10(13)5-6-11(8)12/h5-8H,2-4H2,1H3. The molecule has 0 aliphatic heterocycles. The van der Waals surface area contributed by atoms with Gasteiger partial charge in [0.25, 0.3) is 0 Å². The highest BCUT2D eigenvalue weighted by atomic mass is 79.9. The molecule has 0 aromatic heterocycles. The molecule has 1 aromatic rings.